The number of nitrogens with zero attached hydrogens (tertiary/aromatic N) is 4. The van der Waals surface area contributed by atoms with Gasteiger partial charge in [0.05, 0.1) is 5.69 Å². The Kier molecular flexibility index (Phi) is 4.00. The molecule has 0 saturated carbocycles. The Hall–Kier alpha value is -2.89. The van der Waals surface area contributed by atoms with Crippen LogP contribution in [0, 0.1) is 0 Å². The second kappa shape index (κ2) is 6.26. The van der Waals surface area contributed by atoms with Gasteiger partial charge in [0.2, 0.25) is 0 Å². The second-order valence-electron chi connectivity index (χ2n) is 4.87. The number of imidazole rings is 1. The summed E-state index contributed by atoms with van der Waals surface area (Å²) in [5, 5.41) is 3.28. The van der Waals surface area contributed by atoms with E-state index in [0.717, 1.165) is 41.3 Å². The highest BCUT2D eigenvalue weighted by Crippen LogP contribution is 2.20. The third kappa shape index (κ3) is 2.63. The molecule has 2 aromatic rings. The Morgan fingerprint density at radius 3 is 3.23 bits per heavy atom. The van der Waals surface area contributed by atoms with Crippen molar-refractivity contribution in [2.24, 2.45) is 10.7 Å². The molecule has 6 nitrogen and oxygen atoms in total. The molecule has 0 fully saturated rings. The Labute approximate surface area is 128 Å². The normalized spacial score (nSPS) is 15.9. The maximum absolute atomic E-state index is 5.70. The first kappa shape index (κ1) is 14.1. The lowest BCUT2D eigenvalue weighted by atomic mass is 10.2. The van der Waals surface area contributed by atoms with Gasteiger partial charge in [-0.2, -0.15) is 0 Å². The summed E-state index contributed by atoms with van der Waals surface area (Å²) in [6.45, 7) is 0.920. The summed E-state index contributed by atoms with van der Waals surface area (Å²) in [5.74, 6) is 0.819. The maximum Gasteiger partial charge on any atom is 0.147 e. The monoisotopic (exact) mass is 294 g/mol. The minimum absolute atomic E-state index is 0.750. The van der Waals surface area contributed by atoms with Crippen molar-refractivity contribution in [3.63, 3.8) is 0 Å². The third-order valence-electron chi connectivity index (χ3n) is 3.40. The molecule has 0 unspecified atom stereocenters. The van der Waals surface area contributed by atoms with Gasteiger partial charge in [0.25, 0.3) is 0 Å². The van der Waals surface area contributed by atoms with Crippen molar-refractivity contribution in [1.29, 1.82) is 0 Å². The van der Waals surface area contributed by atoms with Gasteiger partial charge in [0, 0.05) is 61.8 Å². The zero-order valence-electron chi connectivity index (χ0n) is 12.4. The molecule has 0 radical (unpaired) electrons. The summed E-state index contributed by atoms with van der Waals surface area (Å²) in [6, 6.07) is 1.90. The van der Waals surface area contributed by atoms with Crippen LogP contribution in [0.4, 0.5) is 0 Å². The van der Waals surface area contributed by atoms with Crippen molar-refractivity contribution < 1.29 is 0 Å². The number of hydrogen-bond donors (Lipinski definition) is 2. The van der Waals surface area contributed by atoms with Gasteiger partial charge in [-0.25, -0.2) is 9.97 Å². The van der Waals surface area contributed by atoms with E-state index in [-0.39, 0.29) is 0 Å². The summed E-state index contributed by atoms with van der Waals surface area (Å²) >= 11 is 0. The molecular weight excluding hydrogens is 276 g/mol. The molecule has 3 rings (SSSR count). The predicted molar refractivity (Wildman–Crippen MR) is 89.3 cm³/mol. The zero-order valence-corrected chi connectivity index (χ0v) is 12.4. The van der Waals surface area contributed by atoms with E-state index in [1.54, 1.807) is 19.5 Å². The van der Waals surface area contributed by atoms with Gasteiger partial charge in [-0.1, -0.05) is 12.2 Å². The predicted octanol–water partition coefficient (Wildman–Crippen LogP) is 1.62. The summed E-state index contributed by atoms with van der Waals surface area (Å²) in [6.07, 6.45) is 14.0. The van der Waals surface area contributed by atoms with Crippen LogP contribution in [-0.4, -0.2) is 34.2 Å². The summed E-state index contributed by atoms with van der Waals surface area (Å²) < 4.78 is 1.96. The molecular formula is C16H18N6. The van der Waals surface area contributed by atoms with E-state index in [4.69, 9.17) is 10.7 Å². The lowest BCUT2D eigenvalue weighted by Crippen LogP contribution is -2.08. The summed E-state index contributed by atoms with van der Waals surface area (Å²) in [4.78, 5) is 13.2. The highest BCUT2D eigenvalue weighted by atomic mass is 15.1. The minimum atomic E-state index is 0.750. The van der Waals surface area contributed by atoms with Gasteiger partial charge in [-0.05, 0) is 6.42 Å². The lowest BCUT2D eigenvalue weighted by molar-refractivity contribution is 0.859. The number of allylic oxidation sites excluding steroid dienone is 3. The lowest BCUT2D eigenvalue weighted by Gasteiger charge is -2.09. The van der Waals surface area contributed by atoms with Crippen molar-refractivity contribution in [3.05, 3.63) is 54.5 Å². The Bertz CT molecular complexity index is 794. The van der Waals surface area contributed by atoms with Crippen LogP contribution in [0.25, 0.3) is 16.8 Å². The number of nitrogens with two attached hydrogens (primary N) is 1. The van der Waals surface area contributed by atoms with E-state index in [0.29, 0.717) is 0 Å². The van der Waals surface area contributed by atoms with Gasteiger partial charge >= 0.3 is 0 Å². The fourth-order valence-corrected chi connectivity index (χ4v) is 2.35. The summed E-state index contributed by atoms with van der Waals surface area (Å²) in [7, 11) is 1.71. The molecule has 6 heteroatoms. The van der Waals surface area contributed by atoms with Crippen molar-refractivity contribution in [2.75, 3.05) is 13.6 Å². The summed E-state index contributed by atoms with van der Waals surface area (Å²) in [5.41, 5.74) is 9.05. The molecule has 0 amide bonds. The minimum Gasteiger partial charge on any atom is -0.404 e. The van der Waals surface area contributed by atoms with E-state index in [1.165, 1.54) is 6.20 Å². The first-order valence-electron chi connectivity index (χ1n) is 7.12. The largest absolute Gasteiger partial charge is 0.404 e. The van der Waals surface area contributed by atoms with Gasteiger partial charge in [0.15, 0.2) is 0 Å². The average Bonchev–Trinajstić information content (AvgIpc) is 2.85. The molecule has 1 aliphatic rings. The average molecular weight is 294 g/mol. The van der Waals surface area contributed by atoms with Crippen molar-refractivity contribution in [2.45, 2.75) is 6.42 Å². The van der Waals surface area contributed by atoms with E-state index in [2.05, 4.69) is 27.4 Å². The van der Waals surface area contributed by atoms with Crippen LogP contribution in [0.1, 0.15) is 17.9 Å². The number of aromatic nitrogens is 3. The zero-order chi connectivity index (χ0) is 15.4. The standard InChI is InChI=1S/C16H18N6/c1-18-10-13(9-17)14-8-15-20-6-7-22(15)16(21-14)12-4-2-3-5-19-11-12/h2,4,6-11,19H,3,5,17H2,1H3. The van der Waals surface area contributed by atoms with Crippen LogP contribution in [0.5, 0.6) is 0 Å². The quantitative estimate of drug-likeness (QED) is 0.843. The number of nitrogens with one attached hydrogen (secondary N) is 1. The molecule has 0 atom stereocenters. The first-order chi connectivity index (χ1) is 10.8. The molecule has 0 bridgehead atoms. The van der Waals surface area contributed by atoms with Crippen LogP contribution in [0.3, 0.4) is 0 Å². The van der Waals surface area contributed by atoms with E-state index in [9.17, 15) is 0 Å². The number of fused-ring (bicyclic) bond motifs is 1. The maximum atomic E-state index is 5.70. The van der Waals surface area contributed by atoms with Crippen LogP contribution >= 0.6 is 0 Å². The Balaban J connectivity index is 2.20. The van der Waals surface area contributed by atoms with Crippen LogP contribution in [0.2, 0.25) is 0 Å². The highest BCUT2D eigenvalue weighted by molar-refractivity contribution is 6.09. The molecule has 3 heterocycles. The van der Waals surface area contributed by atoms with Gasteiger partial charge < -0.3 is 11.1 Å². The van der Waals surface area contributed by atoms with Crippen molar-refractivity contribution in [3.8, 4) is 0 Å². The van der Waals surface area contributed by atoms with Crippen molar-refractivity contribution >= 4 is 23.0 Å². The number of rotatable bonds is 3. The first-order valence-corrected chi connectivity index (χ1v) is 7.12. The molecule has 0 saturated heterocycles. The molecule has 0 spiro atoms. The molecule has 2 aromatic heterocycles. The van der Waals surface area contributed by atoms with Gasteiger partial charge in [-0.3, -0.25) is 9.39 Å². The molecule has 22 heavy (non-hydrogen) atoms. The Morgan fingerprint density at radius 1 is 1.50 bits per heavy atom. The van der Waals surface area contributed by atoms with Gasteiger partial charge in [-0.15, -0.1) is 0 Å². The molecule has 1 aliphatic heterocycles. The van der Waals surface area contributed by atoms with E-state index in [1.807, 2.05) is 22.9 Å². The van der Waals surface area contributed by atoms with Crippen LogP contribution in [-0.2, 0) is 0 Å². The molecule has 0 aromatic carbocycles. The second-order valence-corrected chi connectivity index (χ2v) is 4.87. The number of hydrogen-bond acceptors (Lipinski definition) is 5. The van der Waals surface area contributed by atoms with E-state index < -0.39 is 0 Å². The topological polar surface area (TPSA) is 80.6 Å². The van der Waals surface area contributed by atoms with E-state index >= 15 is 0 Å². The molecule has 0 aliphatic carbocycles. The smallest absolute Gasteiger partial charge is 0.147 e. The van der Waals surface area contributed by atoms with Crippen molar-refractivity contribution in [1.82, 2.24) is 19.7 Å². The molecule has 112 valence electrons. The third-order valence-corrected chi connectivity index (χ3v) is 3.40. The highest BCUT2D eigenvalue weighted by Gasteiger charge is 2.12. The molecule has 3 N–H and O–H groups in total. The van der Waals surface area contributed by atoms with Gasteiger partial charge in [0.1, 0.15) is 11.5 Å². The van der Waals surface area contributed by atoms with Crippen LogP contribution < -0.4 is 11.1 Å². The fourth-order valence-electron chi connectivity index (χ4n) is 2.35. The SMILES string of the molecule is CN=CC(=CN)c1cc2nccn2c(C2=CNCCC=C2)n1. The fraction of sp³-hybridized carbons (Fsp3) is 0.188. The Morgan fingerprint density at radius 2 is 2.41 bits per heavy atom. The number of aliphatic imine (C=N–C) groups is 1. The van der Waals surface area contributed by atoms with Crippen LogP contribution in [0.15, 0.2) is 48.0 Å².